The molecule has 0 fully saturated rings. The van der Waals surface area contributed by atoms with Crippen molar-refractivity contribution in [2.45, 2.75) is 39.5 Å². The fraction of sp³-hybridized carbons (Fsp3) is 0.933. The van der Waals surface area contributed by atoms with Crippen molar-refractivity contribution < 1.29 is 0 Å². The lowest BCUT2D eigenvalue weighted by Crippen LogP contribution is -2.38. The zero-order valence-corrected chi connectivity index (χ0v) is 14.7. The third-order valence-corrected chi connectivity index (χ3v) is 4.08. The first-order chi connectivity index (χ1) is 9.78. The van der Waals surface area contributed by atoms with E-state index in [1.165, 1.54) is 38.0 Å². The van der Waals surface area contributed by atoms with Gasteiger partial charge in [-0.05, 0) is 57.3 Å². The van der Waals surface area contributed by atoms with Crippen LogP contribution in [0.4, 0.5) is 0 Å². The summed E-state index contributed by atoms with van der Waals surface area (Å²) in [6.45, 7) is 9.99. The van der Waals surface area contributed by atoms with Gasteiger partial charge in [-0.3, -0.25) is 4.99 Å². The monoisotopic (exact) mass is 302 g/mol. The normalized spacial score (nSPS) is 11.9. The number of thioether (sulfide) groups is 1. The maximum Gasteiger partial charge on any atom is 0.190 e. The second kappa shape index (κ2) is 15.0. The van der Waals surface area contributed by atoms with E-state index in [4.69, 9.17) is 0 Å². The summed E-state index contributed by atoms with van der Waals surface area (Å²) in [5, 5.41) is 6.75. The number of rotatable bonds is 12. The van der Waals surface area contributed by atoms with Crippen molar-refractivity contribution in [1.82, 2.24) is 15.5 Å². The lowest BCUT2D eigenvalue weighted by atomic mass is 10.3. The van der Waals surface area contributed by atoms with Gasteiger partial charge in [-0.2, -0.15) is 11.8 Å². The highest BCUT2D eigenvalue weighted by Gasteiger charge is 1.99. The van der Waals surface area contributed by atoms with E-state index < -0.39 is 0 Å². The van der Waals surface area contributed by atoms with E-state index >= 15 is 0 Å². The van der Waals surface area contributed by atoms with Crippen LogP contribution >= 0.6 is 11.8 Å². The second-order valence-electron chi connectivity index (χ2n) is 4.86. The first-order valence-corrected chi connectivity index (χ1v) is 9.33. The highest BCUT2D eigenvalue weighted by atomic mass is 32.2. The molecule has 0 bridgehead atoms. The second-order valence-corrected chi connectivity index (χ2v) is 5.85. The highest BCUT2D eigenvalue weighted by molar-refractivity contribution is 7.98. The molecule has 2 N–H and O–H groups in total. The molecule has 0 atom stereocenters. The summed E-state index contributed by atoms with van der Waals surface area (Å²) in [5.41, 5.74) is 0. The molecule has 0 aliphatic heterocycles. The summed E-state index contributed by atoms with van der Waals surface area (Å²) in [5.74, 6) is 2.19. The number of unbranched alkanes of at least 4 members (excludes halogenated alkanes) is 2. The molecule has 0 aliphatic carbocycles. The molecule has 20 heavy (non-hydrogen) atoms. The van der Waals surface area contributed by atoms with Gasteiger partial charge in [-0.1, -0.05) is 13.8 Å². The van der Waals surface area contributed by atoms with Crippen molar-refractivity contribution in [2.24, 2.45) is 4.99 Å². The van der Waals surface area contributed by atoms with E-state index in [1.807, 2.05) is 18.8 Å². The molecule has 0 aromatic rings. The predicted octanol–water partition coefficient (Wildman–Crippen LogP) is 2.42. The molecule has 0 rings (SSSR count). The Morgan fingerprint density at radius 1 is 1.00 bits per heavy atom. The molecule has 5 heteroatoms. The Kier molecular flexibility index (Phi) is 14.7. The Bertz CT molecular complexity index is 230. The van der Waals surface area contributed by atoms with Gasteiger partial charge < -0.3 is 15.5 Å². The van der Waals surface area contributed by atoms with Gasteiger partial charge >= 0.3 is 0 Å². The van der Waals surface area contributed by atoms with Crippen molar-refractivity contribution in [2.75, 3.05) is 51.8 Å². The zero-order chi connectivity index (χ0) is 15.1. The quantitative estimate of drug-likeness (QED) is 0.330. The van der Waals surface area contributed by atoms with E-state index in [-0.39, 0.29) is 0 Å². The lowest BCUT2D eigenvalue weighted by Gasteiger charge is -2.18. The Labute approximate surface area is 130 Å². The third-order valence-electron chi connectivity index (χ3n) is 3.38. The van der Waals surface area contributed by atoms with Crippen LogP contribution in [0.15, 0.2) is 4.99 Å². The number of guanidine groups is 1. The Hall–Kier alpha value is -0.420. The number of nitrogens with zero attached hydrogens (tertiary/aromatic N) is 2. The largest absolute Gasteiger partial charge is 0.356 e. The molecule has 120 valence electrons. The molecule has 0 aliphatic rings. The molecule has 4 nitrogen and oxygen atoms in total. The van der Waals surface area contributed by atoms with Crippen LogP contribution in [0.3, 0.4) is 0 Å². The van der Waals surface area contributed by atoms with Crippen molar-refractivity contribution in [3.05, 3.63) is 0 Å². The van der Waals surface area contributed by atoms with Crippen molar-refractivity contribution in [3.63, 3.8) is 0 Å². The molecule has 0 aromatic carbocycles. The van der Waals surface area contributed by atoms with Gasteiger partial charge in [0.15, 0.2) is 5.96 Å². The summed E-state index contributed by atoms with van der Waals surface area (Å²) < 4.78 is 0. The number of hydrogen-bond acceptors (Lipinski definition) is 3. The van der Waals surface area contributed by atoms with E-state index in [0.717, 1.165) is 32.1 Å². The van der Waals surface area contributed by atoms with Crippen LogP contribution in [0.1, 0.15) is 39.5 Å². The minimum absolute atomic E-state index is 0.942. The van der Waals surface area contributed by atoms with Crippen LogP contribution in [-0.2, 0) is 0 Å². The summed E-state index contributed by atoms with van der Waals surface area (Å²) in [7, 11) is 1.84. The van der Waals surface area contributed by atoms with Gasteiger partial charge in [-0.15, -0.1) is 0 Å². The van der Waals surface area contributed by atoms with Gasteiger partial charge in [0.05, 0.1) is 0 Å². The Morgan fingerprint density at radius 3 is 2.10 bits per heavy atom. The average molecular weight is 303 g/mol. The summed E-state index contributed by atoms with van der Waals surface area (Å²) in [6.07, 6.45) is 7.09. The van der Waals surface area contributed by atoms with E-state index in [9.17, 15) is 0 Å². The summed E-state index contributed by atoms with van der Waals surface area (Å²) >= 11 is 1.91. The topological polar surface area (TPSA) is 39.7 Å². The van der Waals surface area contributed by atoms with E-state index in [2.05, 4.69) is 40.6 Å². The van der Waals surface area contributed by atoms with Crippen LogP contribution in [-0.4, -0.2) is 62.6 Å². The first kappa shape index (κ1) is 19.6. The molecule has 0 aromatic heterocycles. The highest BCUT2D eigenvalue weighted by Crippen LogP contribution is 1.97. The van der Waals surface area contributed by atoms with E-state index in [0.29, 0.717) is 0 Å². The van der Waals surface area contributed by atoms with E-state index in [1.54, 1.807) is 0 Å². The van der Waals surface area contributed by atoms with Gasteiger partial charge in [0.1, 0.15) is 0 Å². The molecule has 0 amide bonds. The fourth-order valence-electron chi connectivity index (χ4n) is 2.01. The van der Waals surface area contributed by atoms with Gasteiger partial charge in [0, 0.05) is 20.1 Å². The molecule has 0 heterocycles. The predicted molar refractivity (Wildman–Crippen MR) is 94.0 cm³/mol. The number of hydrogen-bond donors (Lipinski definition) is 2. The minimum Gasteiger partial charge on any atom is -0.356 e. The number of nitrogens with one attached hydrogen (secondary N) is 2. The third kappa shape index (κ3) is 11.4. The van der Waals surface area contributed by atoms with Crippen LogP contribution < -0.4 is 10.6 Å². The van der Waals surface area contributed by atoms with Crippen molar-refractivity contribution in [1.29, 1.82) is 0 Å². The van der Waals surface area contributed by atoms with Gasteiger partial charge in [0.2, 0.25) is 0 Å². The van der Waals surface area contributed by atoms with Gasteiger partial charge in [-0.25, -0.2) is 0 Å². The van der Waals surface area contributed by atoms with Crippen LogP contribution in [0.25, 0.3) is 0 Å². The molecular weight excluding hydrogens is 268 g/mol. The fourth-order valence-corrected chi connectivity index (χ4v) is 2.50. The molecule has 0 radical (unpaired) electrons. The molecule has 0 saturated carbocycles. The molecule has 0 unspecified atom stereocenters. The Morgan fingerprint density at radius 2 is 1.60 bits per heavy atom. The average Bonchev–Trinajstić information content (AvgIpc) is 2.48. The summed E-state index contributed by atoms with van der Waals surface area (Å²) in [6, 6.07) is 0. The van der Waals surface area contributed by atoms with Gasteiger partial charge in [0.25, 0.3) is 0 Å². The summed E-state index contributed by atoms with van der Waals surface area (Å²) in [4.78, 5) is 6.72. The number of aliphatic imine (C=N–C) groups is 1. The minimum atomic E-state index is 0.942. The van der Waals surface area contributed by atoms with Crippen LogP contribution in [0.5, 0.6) is 0 Å². The maximum atomic E-state index is 4.25. The smallest absolute Gasteiger partial charge is 0.190 e. The Balaban J connectivity index is 3.50. The zero-order valence-electron chi connectivity index (χ0n) is 13.9. The molecule has 0 spiro atoms. The SMILES string of the molecule is CCN(CC)CCCCNC(=NC)NCCCCSC. The van der Waals surface area contributed by atoms with Crippen molar-refractivity contribution in [3.8, 4) is 0 Å². The van der Waals surface area contributed by atoms with Crippen LogP contribution in [0.2, 0.25) is 0 Å². The molecular formula is C15H34N4S. The van der Waals surface area contributed by atoms with Crippen molar-refractivity contribution >= 4 is 17.7 Å². The first-order valence-electron chi connectivity index (χ1n) is 7.94. The maximum absolute atomic E-state index is 4.25. The standard InChI is InChI=1S/C15H34N4S/c1-5-19(6-2)13-9-7-11-17-15(16-3)18-12-8-10-14-20-4/h5-14H2,1-4H3,(H2,16,17,18). The molecule has 0 saturated heterocycles. The van der Waals surface area contributed by atoms with Crippen LogP contribution in [0, 0.1) is 0 Å². The lowest BCUT2D eigenvalue weighted by molar-refractivity contribution is 0.297.